The summed E-state index contributed by atoms with van der Waals surface area (Å²) in [6, 6.07) is 5.53. The van der Waals surface area contributed by atoms with E-state index in [4.69, 9.17) is 4.74 Å². The molecule has 3 rings (SSSR count). The molecule has 1 aliphatic rings. The highest BCUT2D eigenvalue weighted by molar-refractivity contribution is 6.01. The van der Waals surface area contributed by atoms with Crippen molar-refractivity contribution >= 4 is 23.4 Å². The fraction of sp³-hybridized carbons (Fsp3) is 0.421. The molecule has 7 nitrogen and oxygen atoms in total. The Morgan fingerprint density at radius 3 is 2.35 bits per heavy atom. The van der Waals surface area contributed by atoms with Crippen molar-refractivity contribution in [1.82, 2.24) is 9.97 Å². The van der Waals surface area contributed by atoms with Gasteiger partial charge in [0.05, 0.1) is 30.3 Å². The first-order chi connectivity index (χ1) is 12.5. The predicted molar refractivity (Wildman–Crippen MR) is 103 cm³/mol. The van der Waals surface area contributed by atoms with Crippen molar-refractivity contribution in [2.75, 3.05) is 41.8 Å². The van der Waals surface area contributed by atoms with Crippen LogP contribution in [0, 0.1) is 27.7 Å². The quantitative estimate of drug-likeness (QED) is 0.884. The zero-order chi connectivity index (χ0) is 18.7. The van der Waals surface area contributed by atoms with Gasteiger partial charge in [0.25, 0.3) is 0 Å². The molecule has 1 aromatic carbocycles. The fourth-order valence-corrected chi connectivity index (χ4v) is 2.94. The number of amides is 2. The number of benzene rings is 1. The molecule has 0 unspecified atom stereocenters. The second-order valence-corrected chi connectivity index (χ2v) is 6.50. The summed E-state index contributed by atoms with van der Waals surface area (Å²) in [6.07, 6.45) is 0. The summed E-state index contributed by atoms with van der Waals surface area (Å²) in [5, 5.41) is 5.78. The highest BCUT2D eigenvalue weighted by atomic mass is 16.5. The second-order valence-electron chi connectivity index (χ2n) is 6.50. The van der Waals surface area contributed by atoms with Gasteiger partial charge in [0.1, 0.15) is 0 Å². The lowest BCUT2D eigenvalue weighted by Crippen LogP contribution is -2.37. The highest BCUT2D eigenvalue weighted by Crippen LogP contribution is 2.22. The Morgan fingerprint density at radius 2 is 1.69 bits per heavy atom. The Morgan fingerprint density at radius 1 is 1.04 bits per heavy atom. The van der Waals surface area contributed by atoms with Crippen LogP contribution in [-0.4, -0.2) is 42.3 Å². The van der Waals surface area contributed by atoms with Gasteiger partial charge < -0.3 is 20.3 Å². The molecule has 0 atom stereocenters. The largest absolute Gasteiger partial charge is 0.378 e. The van der Waals surface area contributed by atoms with Crippen LogP contribution in [0.3, 0.4) is 0 Å². The minimum absolute atomic E-state index is 0.298. The van der Waals surface area contributed by atoms with E-state index in [9.17, 15) is 4.79 Å². The van der Waals surface area contributed by atoms with Crippen LogP contribution < -0.4 is 15.5 Å². The molecule has 2 aromatic rings. The molecule has 1 fully saturated rings. The summed E-state index contributed by atoms with van der Waals surface area (Å²) in [5.74, 6) is 0.684. The van der Waals surface area contributed by atoms with Gasteiger partial charge >= 0.3 is 6.03 Å². The fourth-order valence-electron chi connectivity index (χ4n) is 2.94. The molecule has 2 heterocycles. The molecular weight excluding hydrogens is 330 g/mol. The lowest BCUT2D eigenvalue weighted by molar-refractivity contribution is 0.122. The lowest BCUT2D eigenvalue weighted by Gasteiger charge is -2.27. The molecule has 1 aliphatic heterocycles. The second kappa shape index (κ2) is 7.70. The number of hydrogen-bond acceptors (Lipinski definition) is 5. The number of carbonyl (C=O) groups is 1. The molecule has 1 aromatic heterocycles. The van der Waals surface area contributed by atoms with Gasteiger partial charge in [-0.3, -0.25) is 0 Å². The summed E-state index contributed by atoms with van der Waals surface area (Å²) < 4.78 is 5.37. The van der Waals surface area contributed by atoms with Crippen molar-refractivity contribution in [3.63, 3.8) is 0 Å². The van der Waals surface area contributed by atoms with Gasteiger partial charge in [0, 0.05) is 18.8 Å². The third-order valence-electron chi connectivity index (χ3n) is 4.64. The molecule has 138 valence electrons. The number of nitrogens with zero attached hydrogens (tertiary/aromatic N) is 3. The number of morpholine rings is 1. The Labute approximate surface area is 153 Å². The maximum Gasteiger partial charge on any atom is 0.323 e. The van der Waals surface area contributed by atoms with Crippen LogP contribution in [0.15, 0.2) is 18.2 Å². The third kappa shape index (κ3) is 3.94. The van der Waals surface area contributed by atoms with E-state index >= 15 is 0 Å². The maximum atomic E-state index is 12.4. The van der Waals surface area contributed by atoms with Crippen molar-refractivity contribution in [2.24, 2.45) is 0 Å². The molecule has 0 bridgehead atoms. The molecular formula is C19H25N5O2. The van der Waals surface area contributed by atoms with Crippen molar-refractivity contribution in [3.8, 4) is 0 Å². The Balaban J connectivity index is 1.74. The van der Waals surface area contributed by atoms with E-state index in [1.54, 1.807) is 0 Å². The van der Waals surface area contributed by atoms with Crippen LogP contribution >= 0.6 is 0 Å². The average molecular weight is 355 g/mol. The summed E-state index contributed by atoms with van der Waals surface area (Å²) in [4.78, 5) is 23.7. The highest BCUT2D eigenvalue weighted by Gasteiger charge is 2.18. The summed E-state index contributed by atoms with van der Waals surface area (Å²) in [6.45, 7) is 10.7. The van der Waals surface area contributed by atoms with E-state index in [0.717, 1.165) is 41.3 Å². The van der Waals surface area contributed by atoms with E-state index in [2.05, 4.69) is 25.5 Å². The number of anilines is 3. The monoisotopic (exact) mass is 355 g/mol. The standard InChI is InChI=1S/C19H25N5O2/c1-12-6-5-7-16(13(12)2)22-19(25)23-17-14(3)20-18(21-15(17)4)24-8-10-26-11-9-24/h5-7H,8-11H2,1-4H3,(H2,22,23,25). The Hall–Kier alpha value is -2.67. The lowest BCUT2D eigenvalue weighted by atomic mass is 10.1. The molecule has 26 heavy (non-hydrogen) atoms. The molecule has 2 N–H and O–H groups in total. The van der Waals surface area contributed by atoms with E-state index in [0.29, 0.717) is 24.8 Å². The van der Waals surface area contributed by atoms with Gasteiger partial charge in [0.2, 0.25) is 5.95 Å². The van der Waals surface area contributed by atoms with Gasteiger partial charge in [-0.05, 0) is 44.9 Å². The minimum atomic E-state index is -0.298. The molecule has 0 saturated carbocycles. The first-order valence-corrected chi connectivity index (χ1v) is 8.78. The van der Waals surface area contributed by atoms with Crippen LogP contribution in [-0.2, 0) is 4.74 Å². The van der Waals surface area contributed by atoms with E-state index < -0.39 is 0 Å². The van der Waals surface area contributed by atoms with Crippen molar-refractivity contribution in [3.05, 3.63) is 40.7 Å². The van der Waals surface area contributed by atoms with Gasteiger partial charge in [-0.15, -0.1) is 0 Å². The summed E-state index contributed by atoms with van der Waals surface area (Å²) in [7, 11) is 0. The summed E-state index contributed by atoms with van der Waals surface area (Å²) in [5.41, 5.74) is 5.11. The smallest absolute Gasteiger partial charge is 0.323 e. The Kier molecular flexibility index (Phi) is 5.37. The molecule has 0 radical (unpaired) electrons. The normalized spacial score (nSPS) is 14.2. The SMILES string of the molecule is Cc1cccc(NC(=O)Nc2c(C)nc(N3CCOCC3)nc2C)c1C. The van der Waals surface area contributed by atoms with Crippen LogP contribution in [0.25, 0.3) is 0 Å². The number of nitrogens with one attached hydrogen (secondary N) is 2. The predicted octanol–water partition coefficient (Wildman–Crippen LogP) is 3.19. The number of aromatic nitrogens is 2. The van der Waals surface area contributed by atoms with Crippen LogP contribution in [0.2, 0.25) is 0 Å². The van der Waals surface area contributed by atoms with E-state index in [1.807, 2.05) is 45.9 Å². The molecule has 1 saturated heterocycles. The number of carbonyl (C=O) groups excluding carboxylic acids is 1. The number of hydrogen-bond donors (Lipinski definition) is 2. The summed E-state index contributed by atoms with van der Waals surface area (Å²) >= 11 is 0. The molecule has 7 heteroatoms. The van der Waals surface area contributed by atoms with Crippen LogP contribution in [0.1, 0.15) is 22.5 Å². The number of rotatable bonds is 3. The van der Waals surface area contributed by atoms with Gasteiger partial charge in [-0.2, -0.15) is 0 Å². The maximum absolute atomic E-state index is 12.4. The van der Waals surface area contributed by atoms with Crippen LogP contribution in [0.4, 0.5) is 22.1 Å². The number of aryl methyl sites for hydroxylation is 3. The molecule has 0 aliphatic carbocycles. The van der Waals surface area contributed by atoms with Crippen molar-refractivity contribution < 1.29 is 9.53 Å². The van der Waals surface area contributed by atoms with Gasteiger partial charge in [0.15, 0.2) is 0 Å². The van der Waals surface area contributed by atoms with E-state index in [1.165, 1.54) is 0 Å². The Bertz CT molecular complexity index is 793. The minimum Gasteiger partial charge on any atom is -0.378 e. The molecule has 0 spiro atoms. The van der Waals surface area contributed by atoms with Crippen molar-refractivity contribution in [2.45, 2.75) is 27.7 Å². The first-order valence-electron chi connectivity index (χ1n) is 8.78. The van der Waals surface area contributed by atoms with Crippen molar-refractivity contribution in [1.29, 1.82) is 0 Å². The van der Waals surface area contributed by atoms with Crippen LogP contribution in [0.5, 0.6) is 0 Å². The third-order valence-corrected chi connectivity index (χ3v) is 4.64. The zero-order valence-electron chi connectivity index (χ0n) is 15.7. The van der Waals surface area contributed by atoms with E-state index in [-0.39, 0.29) is 6.03 Å². The average Bonchev–Trinajstić information content (AvgIpc) is 2.62. The first kappa shape index (κ1) is 18.1. The van der Waals surface area contributed by atoms with Gasteiger partial charge in [-0.1, -0.05) is 12.1 Å². The van der Waals surface area contributed by atoms with Gasteiger partial charge in [-0.25, -0.2) is 14.8 Å². The number of ether oxygens (including phenoxy) is 1. The molecule has 2 amide bonds. The zero-order valence-corrected chi connectivity index (χ0v) is 15.7. The number of urea groups is 1. The topological polar surface area (TPSA) is 79.4 Å².